The first-order valence-electron chi connectivity index (χ1n) is 7.52. The van der Waals surface area contributed by atoms with E-state index in [0.717, 1.165) is 22.2 Å². The second-order valence-corrected chi connectivity index (χ2v) is 5.73. The minimum Gasteiger partial charge on any atom is -0.493 e. The minimum absolute atomic E-state index is 0.00986. The van der Waals surface area contributed by atoms with Gasteiger partial charge in [0.1, 0.15) is 0 Å². The number of aromatic amines is 1. The molecular formula is C18H16ClF2N2O2+. The molecule has 0 fully saturated rings. The first-order chi connectivity index (χ1) is 12.1. The second kappa shape index (κ2) is 7.53. The standard InChI is InChI=1S/C18H15ClF2N2O2/c1-24-17-8-11(2-5-16(17)25-18(20)21)10-23-14-6-7-22-15-9-12(19)3-4-13(14)15/h2-9,18H,10H2,1H3,(H,22,23)/p+1. The number of aromatic nitrogens is 1. The SMILES string of the molecule is COc1cc(CNc2cc[nH+]c3cc(Cl)ccc23)ccc1OC(F)F. The summed E-state index contributed by atoms with van der Waals surface area (Å²) in [6, 6.07) is 12.4. The van der Waals surface area contributed by atoms with Crippen molar-refractivity contribution in [3.63, 3.8) is 0 Å². The number of halogens is 3. The number of nitrogens with one attached hydrogen (secondary N) is 2. The van der Waals surface area contributed by atoms with Gasteiger partial charge in [-0.3, -0.25) is 0 Å². The molecule has 0 unspecified atom stereocenters. The number of ether oxygens (including phenoxy) is 2. The van der Waals surface area contributed by atoms with Crippen LogP contribution in [0, 0.1) is 0 Å². The number of alkyl halides is 2. The summed E-state index contributed by atoms with van der Waals surface area (Å²) in [5, 5.41) is 4.98. The van der Waals surface area contributed by atoms with Crippen LogP contribution in [-0.2, 0) is 6.54 Å². The Hall–Kier alpha value is -2.60. The quantitative estimate of drug-likeness (QED) is 0.698. The van der Waals surface area contributed by atoms with Crippen molar-refractivity contribution in [3.05, 3.63) is 59.2 Å². The highest BCUT2D eigenvalue weighted by molar-refractivity contribution is 6.31. The van der Waals surface area contributed by atoms with E-state index < -0.39 is 6.61 Å². The number of fused-ring (bicyclic) bond motifs is 1. The lowest BCUT2D eigenvalue weighted by Crippen LogP contribution is -2.07. The molecule has 0 spiro atoms. The van der Waals surface area contributed by atoms with E-state index in [9.17, 15) is 8.78 Å². The summed E-state index contributed by atoms with van der Waals surface area (Å²) in [6.07, 6.45) is 1.82. The highest BCUT2D eigenvalue weighted by atomic mass is 35.5. The predicted octanol–water partition coefficient (Wildman–Crippen LogP) is 4.53. The third-order valence-electron chi connectivity index (χ3n) is 3.69. The van der Waals surface area contributed by atoms with Crippen LogP contribution in [0.5, 0.6) is 11.5 Å². The van der Waals surface area contributed by atoms with Gasteiger partial charge in [0, 0.05) is 23.7 Å². The zero-order valence-electron chi connectivity index (χ0n) is 13.4. The lowest BCUT2D eigenvalue weighted by Gasteiger charge is -2.12. The number of rotatable bonds is 6. The Labute approximate surface area is 148 Å². The van der Waals surface area contributed by atoms with Crippen LogP contribution in [0.1, 0.15) is 5.56 Å². The molecular weight excluding hydrogens is 350 g/mol. The summed E-state index contributed by atoms with van der Waals surface area (Å²) in [4.78, 5) is 3.14. The summed E-state index contributed by atoms with van der Waals surface area (Å²) >= 11 is 6.01. The predicted molar refractivity (Wildman–Crippen MR) is 92.5 cm³/mol. The summed E-state index contributed by atoms with van der Waals surface area (Å²) in [7, 11) is 1.41. The Morgan fingerprint density at radius 3 is 2.72 bits per heavy atom. The van der Waals surface area contributed by atoms with E-state index in [0.29, 0.717) is 11.6 Å². The maximum absolute atomic E-state index is 12.4. The van der Waals surface area contributed by atoms with Gasteiger partial charge in [0.25, 0.3) is 0 Å². The molecule has 130 valence electrons. The Balaban J connectivity index is 1.80. The summed E-state index contributed by atoms with van der Waals surface area (Å²) in [6.45, 7) is -2.40. The number of pyridine rings is 1. The largest absolute Gasteiger partial charge is 0.493 e. The van der Waals surface area contributed by atoms with E-state index in [1.165, 1.54) is 13.2 Å². The number of H-pyrrole nitrogens is 1. The van der Waals surface area contributed by atoms with Crippen LogP contribution in [0.4, 0.5) is 14.5 Å². The van der Waals surface area contributed by atoms with Crippen molar-refractivity contribution in [2.75, 3.05) is 12.4 Å². The molecule has 1 heterocycles. The van der Waals surface area contributed by atoms with Gasteiger partial charge in [0.15, 0.2) is 17.7 Å². The van der Waals surface area contributed by atoms with Crippen molar-refractivity contribution in [1.82, 2.24) is 0 Å². The maximum Gasteiger partial charge on any atom is 0.387 e. The first-order valence-corrected chi connectivity index (χ1v) is 7.90. The summed E-state index contributed by atoms with van der Waals surface area (Å²) in [5.74, 6) is 0.272. The molecule has 0 aliphatic rings. The number of benzene rings is 2. The molecule has 7 heteroatoms. The van der Waals surface area contributed by atoms with Gasteiger partial charge in [-0.25, -0.2) is 4.98 Å². The Bertz CT molecular complexity index is 890. The van der Waals surface area contributed by atoms with Crippen LogP contribution in [0.25, 0.3) is 10.9 Å². The van der Waals surface area contributed by atoms with Gasteiger partial charge in [-0.15, -0.1) is 0 Å². The topological polar surface area (TPSA) is 44.6 Å². The molecule has 3 aromatic rings. The number of hydrogen-bond acceptors (Lipinski definition) is 3. The highest BCUT2D eigenvalue weighted by Gasteiger charge is 2.12. The van der Waals surface area contributed by atoms with Gasteiger partial charge in [0.05, 0.1) is 18.2 Å². The lowest BCUT2D eigenvalue weighted by molar-refractivity contribution is -0.344. The van der Waals surface area contributed by atoms with Crippen molar-refractivity contribution in [1.29, 1.82) is 0 Å². The van der Waals surface area contributed by atoms with Crippen LogP contribution in [-0.4, -0.2) is 13.7 Å². The van der Waals surface area contributed by atoms with Crippen molar-refractivity contribution in [3.8, 4) is 11.5 Å². The summed E-state index contributed by atoms with van der Waals surface area (Å²) in [5.41, 5.74) is 2.71. The van der Waals surface area contributed by atoms with Gasteiger partial charge in [-0.1, -0.05) is 17.7 Å². The molecule has 0 saturated heterocycles. The number of anilines is 1. The van der Waals surface area contributed by atoms with Crippen LogP contribution in [0.3, 0.4) is 0 Å². The van der Waals surface area contributed by atoms with Crippen molar-refractivity contribution in [2.45, 2.75) is 13.2 Å². The molecule has 2 N–H and O–H groups in total. The van der Waals surface area contributed by atoms with Gasteiger partial charge >= 0.3 is 6.61 Å². The molecule has 0 amide bonds. The zero-order valence-corrected chi connectivity index (χ0v) is 14.1. The smallest absolute Gasteiger partial charge is 0.387 e. The Morgan fingerprint density at radius 2 is 1.96 bits per heavy atom. The fraction of sp³-hybridized carbons (Fsp3) is 0.167. The van der Waals surface area contributed by atoms with Gasteiger partial charge in [-0.2, -0.15) is 8.78 Å². The Kier molecular flexibility index (Phi) is 5.19. The van der Waals surface area contributed by atoms with Crippen LogP contribution in [0.15, 0.2) is 48.7 Å². The zero-order chi connectivity index (χ0) is 17.8. The third-order valence-corrected chi connectivity index (χ3v) is 3.92. The molecule has 0 aliphatic carbocycles. The van der Waals surface area contributed by atoms with E-state index >= 15 is 0 Å². The molecule has 0 saturated carbocycles. The van der Waals surface area contributed by atoms with Crippen molar-refractivity contribution < 1.29 is 23.2 Å². The van der Waals surface area contributed by atoms with E-state index in [4.69, 9.17) is 16.3 Å². The molecule has 2 aromatic carbocycles. The average molecular weight is 366 g/mol. The van der Waals surface area contributed by atoms with E-state index in [2.05, 4.69) is 15.0 Å². The molecule has 3 rings (SSSR count). The summed E-state index contributed by atoms with van der Waals surface area (Å²) < 4.78 is 34.3. The van der Waals surface area contributed by atoms with Gasteiger partial charge < -0.3 is 14.8 Å². The third kappa shape index (κ3) is 4.09. The molecule has 1 aromatic heterocycles. The van der Waals surface area contributed by atoms with E-state index in [1.807, 2.05) is 30.5 Å². The number of hydrogen-bond donors (Lipinski definition) is 1. The van der Waals surface area contributed by atoms with Crippen LogP contribution in [0.2, 0.25) is 5.02 Å². The van der Waals surface area contributed by atoms with E-state index in [-0.39, 0.29) is 11.5 Å². The van der Waals surface area contributed by atoms with Crippen molar-refractivity contribution >= 4 is 28.2 Å². The normalized spacial score (nSPS) is 10.9. The monoisotopic (exact) mass is 365 g/mol. The van der Waals surface area contributed by atoms with E-state index in [1.54, 1.807) is 12.1 Å². The highest BCUT2D eigenvalue weighted by Crippen LogP contribution is 2.30. The van der Waals surface area contributed by atoms with Gasteiger partial charge in [0.2, 0.25) is 5.52 Å². The molecule has 0 radical (unpaired) electrons. The second-order valence-electron chi connectivity index (χ2n) is 5.30. The molecule has 25 heavy (non-hydrogen) atoms. The van der Waals surface area contributed by atoms with Gasteiger partial charge in [-0.05, 0) is 29.8 Å². The molecule has 4 nitrogen and oxygen atoms in total. The molecule has 0 atom stereocenters. The lowest BCUT2D eigenvalue weighted by atomic mass is 10.1. The number of methoxy groups -OCH3 is 1. The molecule has 0 bridgehead atoms. The maximum atomic E-state index is 12.4. The minimum atomic E-state index is -2.89. The average Bonchev–Trinajstić information content (AvgIpc) is 2.60. The first kappa shape index (κ1) is 17.2. The fourth-order valence-electron chi connectivity index (χ4n) is 2.54. The Morgan fingerprint density at radius 1 is 1.12 bits per heavy atom. The van der Waals surface area contributed by atoms with Crippen LogP contribution < -0.4 is 19.8 Å². The van der Waals surface area contributed by atoms with Crippen molar-refractivity contribution in [2.24, 2.45) is 0 Å². The van der Waals surface area contributed by atoms with Crippen LogP contribution >= 0.6 is 11.6 Å². The fourth-order valence-corrected chi connectivity index (χ4v) is 2.71. The molecule has 0 aliphatic heterocycles.